The molecule has 5 nitrogen and oxygen atoms in total. The maximum Gasteiger partial charge on any atom is 0.247 e. The van der Waals surface area contributed by atoms with Crippen molar-refractivity contribution in [3.63, 3.8) is 0 Å². The first-order valence-electron chi connectivity index (χ1n) is 6.36. The maximum absolute atomic E-state index is 4.04. The largest absolute Gasteiger partial charge is 0.350 e. The minimum absolute atomic E-state index is 0.403. The first kappa shape index (κ1) is 12.5. The lowest BCUT2D eigenvalue weighted by Gasteiger charge is -2.15. The average Bonchev–Trinajstić information content (AvgIpc) is 2.85. The number of benzene rings is 1. The van der Waals surface area contributed by atoms with Crippen molar-refractivity contribution >= 4 is 5.95 Å². The third-order valence-corrected chi connectivity index (χ3v) is 3.07. The minimum Gasteiger partial charge on any atom is -0.350 e. The zero-order valence-electron chi connectivity index (χ0n) is 11.1. The van der Waals surface area contributed by atoms with Crippen LogP contribution in [0.2, 0.25) is 0 Å². The predicted molar refractivity (Wildman–Crippen MR) is 71.9 cm³/mol. The van der Waals surface area contributed by atoms with E-state index >= 15 is 0 Å². The van der Waals surface area contributed by atoms with E-state index in [1.54, 1.807) is 4.68 Å². The van der Waals surface area contributed by atoms with Gasteiger partial charge in [0.15, 0.2) is 0 Å². The molecule has 0 aliphatic rings. The molecule has 0 radical (unpaired) electrons. The van der Waals surface area contributed by atoms with Crippen LogP contribution >= 0.6 is 0 Å². The Morgan fingerprint density at radius 1 is 1.17 bits per heavy atom. The number of nitrogens with one attached hydrogen (secondary N) is 1. The van der Waals surface area contributed by atoms with Crippen LogP contribution in [-0.4, -0.2) is 26.2 Å². The van der Waals surface area contributed by atoms with Crippen molar-refractivity contribution in [3.05, 3.63) is 29.8 Å². The Hall–Kier alpha value is -1.91. The van der Waals surface area contributed by atoms with Crippen LogP contribution in [0, 0.1) is 6.92 Å². The fourth-order valence-electron chi connectivity index (χ4n) is 1.81. The molecule has 18 heavy (non-hydrogen) atoms. The van der Waals surface area contributed by atoms with Gasteiger partial charge in [-0.05, 0) is 42.3 Å². The third-order valence-electron chi connectivity index (χ3n) is 3.07. The van der Waals surface area contributed by atoms with Gasteiger partial charge in [0, 0.05) is 6.04 Å². The molecule has 1 aromatic heterocycles. The van der Waals surface area contributed by atoms with E-state index in [1.165, 1.54) is 5.56 Å². The summed E-state index contributed by atoms with van der Waals surface area (Å²) in [7, 11) is 0. The van der Waals surface area contributed by atoms with Crippen molar-refractivity contribution in [1.29, 1.82) is 0 Å². The SMILES string of the molecule is CCC(CC)Nc1nnnn1-c1ccc(C)cc1. The van der Waals surface area contributed by atoms with Crippen molar-refractivity contribution in [2.45, 2.75) is 39.7 Å². The second-order valence-corrected chi connectivity index (χ2v) is 4.41. The highest BCUT2D eigenvalue weighted by Crippen LogP contribution is 2.14. The second-order valence-electron chi connectivity index (χ2n) is 4.41. The van der Waals surface area contributed by atoms with E-state index in [4.69, 9.17) is 0 Å². The summed E-state index contributed by atoms with van der Waals surface area (Å²) in [6.07, 6.45) is 2.11. The molecule has 0 unspecified atom stereocenters. The number of rotatable bonds is 5. The molecule has 1 N–H and O–H groups in total. The molecule has 0 saturated carbocycles. The molecule has 0 aliphatic carbocycles. The van der Waals surface area contributed by atoms with E-state index in [0.717, 1.165) is 18.5 Å². The molecule has 0 spiro atoms. The van der Waals surface area contributed by atoms with Gasteiger partial charge < -0.3 is 5.32 Å². The van der Waals surface area contributed by atoms with E-state index in [0.29, 0.717) is 12.0 Å². The highest BCUT2D eigenvalue weighted by molar-refractivity contribution is 5.40. The topological polar surface area (TPSA) is 55.6 Å². The fraction of sp³-hybridized carbons (Fsp3) is 0.462. The van der Waals surface area contributed by atoms with Crippen molar-refractivity contribution in [3.8, 4) is 5.69 Å². The Morgan fingerprint density at radius 3 is 2.44 bits per heavy atom. The zero-order chi connectivity index (χ0) is 13.0. The number of tetrazole rings is 1. The minimum atomic E-state index is 0.403. The van der Waals surface area contributed by atoms with Gasteiger partial charge in [-0.2, -0.15) is 4.68 Å². The van der Waals surface area contributed by atoms with Crippen LogP contribution in [0.5, 0.6) is 0 Å². The first-order valence-corrected chi connectivity index (χ1v) is 6.36. The predicted octanol–water partition coefficient (Wildman–Crippen LogP) is 2.57. The molecule has 96 valence electrons. The standard InChI is InChI=1S/C13H19N5/c1-4-11(5-2)14-13-15-16-17-18(13)12-8-6-10(3)7-9-12/h6-9,11H,4-5H2,1-3H3,(H,14,15,17). The zero-order valence-corrected chi connectivity index (χ0v) is 11.1. The summed E-state index contributed by atoms with van der Waals surface area (Å²) >= 11 is 0. The fourth-order valence-corrected chi connectivity index (χ4v) is 1.81. The molecule has 1 aromatic carbocycles. The first-order chi connectivity index (χ1) is 8.74. The summed E-state index contributed by atoms with van der Waals surface area (Å²) < 4.78 is 1.73. The number of nitrogens with zero attached hydrogens (tertiary/aromatic N) is 4. The maximum atomic E-state index is 4.04. The van der Waals surface area contributed by atoms with E-state index in [1.807, 2.05) is 12.1 Å². The number of anilines is 1. The molecule has 0 fully saturated rings. The molecule has 0 saturated heterocycles. The highest BCUT2D eigenvalue weighted by Gasteiger charge is 2.11. The summed E-state index contributed by atoms with van der Waals surface area (Å²) in [6, 6.07) is 8.55. The number of hydrogen-bond donors (Lipinski definition) is 1. The van der Waals surface area contributed by atoms with Crippen LogP contribution in [0.1, 0.15) is 32.3 Å². The Kier molecular flexibility index (Phi) is 3.92. The summed E-state index contributed by atoms with van der Waals surface area (Å²) in [6.45, 7) is 6.37. The van der Waals surface area contributed by atoms with E-state index in [-0.39, 0.29) is 0 Å². The Bertz CT molecular complexity index is 484. The molecule has 2 aromatic rings. The van der Waals surface area contributed by atoms with Crippen LogP contribution in [0.4, 0.5) is 5.95 Å². The van der Waals surface area contributed by atoms with Crippen LogP contribution in [0.3, 0.4) is 0 Å². The molecule has 2 rings (SSSR count). The quantitative estimate of drug-likeness (QED) is 0.879. The van der Waals surface area contributed by atoms with E-state index < -0.39 is 0 Å². The van der Waals surface area contributed by atoms with Crippen LogP contribution in [-0.2, 0) is 0 Å². The van der Waals surface area contributed by atoms with Gasteiger partial charge in [-0.25, -0.2) is 0 Å². The second kappa shape index (κ2) is 5.62. The van der Waals surface area contributed by atoms with Gasteiger partial charge >= 0.3 is 0 Å². The average molecular weight is 245 g/mol. The van der Waals surface area contributed by atoms with Crippen molar-refractivity contribution in [2.75, 3.05) is 5.32 Å². The highest BCUT2D eigenvalue weighted by atomic mass is 15.6. The number of aromatic nitrogens is 4. The summed E-state index contributed by atoms with van der Waals surface area (Å²) in [4.78, 5) is 0. The summed E-state index contributed by atoms with van der Waals surface area (Å²) in [5.74, 6) is 0.701. The van der Waals surface area contributed by atoms with Crippen LogP contribution in [0.25, 0.3) is 5.69 Å². The lowest BCUT2D eigenvalue weighted by atomic mass is 10.2. The molecule has 0 bridgehead atoms. The van der Waals surface area contributed by atoms with Gasteiger partial charge in [0.2, 0.25) is 5.95 Å². The summed E-state index contributed by atoms with van der Waals surface area (Å²) in [5, 5.41) is 15.2. The third kappa shape index (κ3) is 2.67. The number of aryl methyl sites for hydroxylation is 1. The van der Waals surface area contributed by atoms with E-state index in [9.17, 15) is 0 Å². The lowest BCUT2D eigenvalue weighted by Crippen LogP contribution is -2.20. The molecule has 1 heterocycles. The lowest BCUT2D eigenvalue weighted by molar-refractivity contribution is 0.659. The van der Waals surface area contributed by atoms with E-state index in [2.05, 4.69) is 53.7 Å². The van der Waals surface area contributed by atoms with Crippen molar-refractivity contribution < 1.29 is 0 Å². The van der Waals surface area contributed by atoms with Crippen molar-refractivity contribution in [1.82, 2.24) is 20.2 Å². The van der Waals surface area contributed by atoms with Crippen molar-refractivity contribution in [2.24, 2.45) is 0 Å². The Labute approximate surface area is 107 Å². The molecular weight excluding hydrogens is 226 g/mol. The van der Waals surface area contributed by atoms with Crippen LogP contribution in [0.15, 0.2) is 24.3 Å². The smallest absolute Gasteiger partial charge is 0.247 e. The number of hydrogen-bond acceptors (Lipinski definition) is 4. The van der Waals surface area contributed by atoms with Gasteiger partial charge in [-0.15, -0.1) is 0 Å². The molecule has 0 atom stereocenters. The normalized spacial score (nSPS) is 10.9. The Morgan fingerprint density at radius 2 is 1.83 bits per heavy atom. The molecule has 0 aliphatic heterocycles. The van der Waals surface area contributed by atoms with Gasteiger partial charge in [-0.1, -0.05) is 36.6 Å². The van der Waals surface area contributed by atoms with Gasteiger partial charge in [0.1, 0.15) is 0 Å². The molecule has 5 heteroatoms. The summed E-state index contributed by atoms with van der Waals surface area (Å²) in [5.41, 5.74) is 2.19. The Balaban J connectivity index is 2.24. The molecule has 0 amide bonds. The molecular formula is C13H19N5. The van der Waals surface area contributed by atoms with Gasteiger partial charge in [0.25, 0.3) is 0 Å². The van der Waals surface area contributed by atoms with Crippen LogP contribution < -0.4 is 5.32 Å². The monoisotopic (exact) mass is 245 g/mol. The van der Waals surface area contributed by atoms with Gasteiger partial charge in [0.05, 0.1) is 5.69 Å². The van der Waals surface area contributed by atoms with Gasteiger partial charge in [-0.3, -0.25) is 0 Å².